The van der Waals surface area contributed by atoms with Crippen LogP contribution in [0.15, 0.2) is 36.8 Å². The van der Waals surface area contributed by atoms with Gasteiger partial charge in [0.15, 0.2) is 0 Å². The highest BCUT2D eigenvalue weighted by Gasteiger charge is 2.31. The third-order valence-corrected chi connectivity index (χ3v) is 4.68. The lowest BCUT2D eigenvalue weighted by Crippen LogP contribution is -2.33. The molecule has 0 amide bonds. The van der Waals surface area contributed by atoms with Crippen LogP contribution < -0.4 is 0 Å². The molecule has 0 unspecified atom stereocenters. The molecule has 2 nitrogen and oxygen atoms in total. The van der Waals surface area contributed by atoms with Gasteiger partial charge in [-0.05, 0) is 19.3 Å². The lowest BCUT2D eigenvalue weighted by atomic mass is 9.79. The average molecular weight is 363 g/mol. The summed E-state index contributed by atoms with van der Waals surface area (Å²) in [6.45, 7) is 15.1. The molecule has 0 aliphatic heterocycles. The summed E-state index contributed by atoms with van der Waals surface area (Å²) in [6, 6.07) is 0. The van der Waals surface area contributed by atoms with Crippen LogP contribution in [-0.4, -0.2) is 30.5 Å². The smallest absolute Gasteiger partial charge is 0.0984 e. The lowest BCUT2D eigenvalue weighted by Gasteiger charge is -2.34. The van der Waals surface area contributed by atoms with E-state index in [1.54, 1.807) is 0 Å². The minimum Gasteiger partial charge on any atom is -0.497 e. The molecule has 0 N–H and O–H groups in total. The Balaban J connectivity index is 4.92. The molecule has 0 radical (unpaired) electrons. The molecule has 0 aromatic carbocycles. The summed E-state index contributed by atoms with van der Waals surface area (Å²) >= 11 is 12.7. The number of hydrogen-bond donors (Lipinski definition) is 3. The van der Waals surface area contributed by atoms with Crippen LogP contribution in [0.3, 0.4) is 0 Å². The van der Waals surface area contributed by atoms with E-state index in [0.717, 1.165) is 31.3 Å². The average Bonchev–Trinajstić information content (AvgIpc) is 2.54. The Hall–Kier alpha value is -0.130. The fraction of sp³-hybridized carbons (Fsp3) is 0.647. The quantitative estimate of drug-likeness (QED) is 0.230. The summed E-state index contributed by atoms with van der Waals surface area (Å²) in [4.78, 5) is 0. The Labute approximate surface area is 152 Å². The summed E-state index contributed by atoms with van der Waals surface area (Å²) in [6.07, 6.45) is 3.92. The van der Waals surface area contributed by atoms with Crippen LogP contribution in [0.5, 0.6) is 0 Å². The molecule has 0 bridgehead atoms. The van der Waals surface area contributed by atoms with Gasteiger partial charge >= 0.3 is 0 Å². The van der Waals surface area contributed by atoms with E-state index in [4.69, 9.17) is 9.47 Å². The molecule has 0 rings (SSSR count). The van der Waals surface area contributed by atoms with Crippen LogP contribution in [0.25, 0.3) is 0 Å². The molecule has 0 saturated heterocycles. The molecule has 0 saturated carbocycles. The standard InChI is InChI=1S/C17H30O2S3/c1-5-7-17(8-6-14(2)9-20,12-18-15(3)10-21)13-19-16(4)11-22/h20-22H,2-13H2,1H3. The fourth-order valence-electron chi connectivity index (χ4n) is 2.11. The van der Waals surface area contributed by atoms with E-state index in [1.165, 1.54) is 0 Å². The number of thiol groups is 3. The second-order valence-electron chi connectivity index (χ2n) is 5.63. The van der Waals surface area contributed by atoms with Crippen LogP contribution in [0.1, 0.15) is 32.6 Å². The van der Waals surface area contributed by atoms with Gasteiger partial charge in [0.1, 0.15) is 0 Å². The SMILES string of the molecule is C=C(CS)CCC(CCC)(COC(=C)CS)COC(=C)CS. The van der Waals surface area contributed by atoms with Crippen LogP contribution in [-0.2, 0) is 9.47 Å². The molecular weight excluding hydrogens is 332 g/mol. The molecule has 0 aromatic heterocycles. The third-order valence-electron chi connectivity index (χ3n) is 3.53. The zero-order valence-corrected chi connectivity index (χ0v) is 16.3. The molecule has 0 heterocycles. The maximum absolute atomic E-state index is 5.79. The highest BCUT2D eigenvalue weighted by molar-refractivity contribution is 7.80. The summed E-state index contributed by atoms with van der Waals surface area (Å²) < 4.78 is 11.6. The van der Waals surface area contributed by atoms with Gasteiger partial charge in [0.25, 0.3) is 0 Å². The van der Waals surface area contributed by atoms with E-state index >= 15 is 0 Å². The molecule has 0 aliphatic rings. The van der Waals surface area contributed by atoms with E-state index in [1.807, 2.05) is 0 Å². The normalized spacial score (nSPS) is 11.1. The van der Waals surface area contributed by atoms with E-state index < -0.39 is 0 Å². The number of ether oxygens (including phenoxy) is 2. The first-order chi connectivity index (χ1) is 10.4. The van der Waals surface area contributed by atoms with Gasteiger partial charge in [0.05, 0.1) is 24.7 Å². The van der Waals surface area contributed by atoms with Crippen LogP contribution in [0, 0.1) is 5.41 Å². The van der Waals surface area contributed by atoms with Gasteiger partial charge in [-0.15, -0.1) is 0 Å². The predicted molar refractivity (Wildman–Crippen MR) is 107 cm³/mol. The van der Waals surface area contributed by atoms with Crippen molar-refractivity contribution in [1.29, 1.82) is 0 Å². The van der Waals surface area contributed by atoms with Gasteiger partial charge in [0, 0.05) is 22.7 Å². The van der Waals surface area contributed by atoms with Crippen molar-refractivity contribution < 1.29 is 9.47 Å². The molecule has 22 heavy (non-hydrogen) atoms. The van der Waals surface area contributed by atoms with E-state index in [-0.39, 0.29) is 5.41 Å². The Morgan fingerprint density at radius 3 is 1.73 bits per heavy atom. The molecule has 0 fully saturated rings. The lowest BCUT2D eigenvalue weighted by molar-refractivity contribution is 0.0101. The van der Waals surface area contributed by atoms with Gasteiger partial charge in [-0.2, -0.15) is 37.9 Å². The van der Waals surface area contributed by atoms with Crippen LogP contribution in [0.2, 0.25) is 0 Å². The number of rotatable bonds is 14. The number of hydrogen-bond acceptors (Lipinski definition) is 5. The topological polar surface area (TPSA) is 18.5 Å². The monoisotopic (exact) mass is 362 g/mol. The summed E-state index contributed by atoms with van der Waals surface area (Å²) in [5.74, 6) is 3.12. The zero-order chi connectivity index (χ0) is 17.0. The van der Waals surface area contributed by atoms with Crippen molar-refractivity contribution in [1.82, 2.24) is 0 Å². The zero-order valence-electron chi connectivity index (χ0n) is 13.6. The van der Waals surface area contributed by atoms with Crippen molar-refractivity contribution in [3.63, 3.8) is 0 Å². The molecule has 0 atom stereocenters. The molecule has 128 valence electrons. The summed E-state index contributed by atoms with van der Waals surface area (Å²) in [5.41, 5.74) is 1.04. The Bertz CT molecular complexity index is 317. The van der Waals surface area contributed by atoms with Gasteiger partial charge in [0.2, 0.25) is 0 Å². The summed E-state index contributed by atoms with van der Waals surface area (Å²) in [5, 5.41) is 0. The van der Waals surface area contributed by atoms with E-state index in [9.17, 15) is 0 Å². The molecular formula is C17H30O2S3. The van der Waals surface area contributed by atoms with Crippen LogP contribution in [0.4, 0.5) is 0 Å². The molecule has 5 heteroatoms. The highest BCUT2D eigenvalue weighted by Crippen LogP contribution is 2.33. The molecule has 0 spiro atoms. The van der Waals surface area contributed by atoms with Gasteiger partial charge in [-0.25, -0.2) is 0 Å². The maximum Gasteiger partial charge on any atom is 0.0984 e. The van der Waals surface area contributed by atoms with Crippen LogP contribution >= 0.6 is 37.9 Å². The second-order valence-corrected chi connectivity index (χ2v) is 6.58. The van der Waals surface area contributed by atoms with Gasteiger partial charge in [-0.1, -0.05) is 38.7 Å². The van der Waals surface area contributed by atoms with Crippen molar-refractivity contribution in [3.8, 4) is 0 Å². The summed E-state index contributed by atoms with van der Waals surface area (Å²) in [7, 11) is 0. The Kier molecular flexibility index (Phi) is 12.2. The van der Waals surface area contributed by atoms with Gasteiger partial charge in [-0.3, -0.25) is 0 Å². The maximum atomic E-state index is 5.79. The highest BCUT2D eigenvalue weighted by atomic mass is 32.1. The first-order valence-electron chi connectivity index (χ1n) is 7.53. The van der Waals surface area contributed by atoms with Crippen molar-refractivity contribution in [2.45, 2.75) is 32.6 Å². The minimum atomic E-state index is -0.0849. The molecule has 0 aliphatic carbocycles. The largest absolute Gasteiger partial charge is 0.497 e. The third kappa shape index (κ3) is 9.11. The van der Waals surface area contributed by atoms with E-state index in [2.05, 4.69) is 64.5 Å². The Morgan fingerprint density at radius 1 is 0.864 bits per heavy atom. The predicted octanol–water partition coefficient (Wildman–Crippen LogP) is 4.96. The van der Waals surface area contributed by atoms with Crippen molar-refractivity contribution >= 4 is 37.9 Å². The first-order valence-corrected chi connectivity index (χ1v) is 9.43. The van der Waals surface area contributed by atoms with Crippen molar-refractivity contribution in [2.24, 2.45) is 5.41 Å². The van der Waals surface area contributed by atoms with Crippen molar-refractivity contribution in [2.75, 3.05) is 30.5 Å². The van der Waals surface area contributed by atoms with Crippen molar-refractivity contribution in [3.05, 3.63) is 36.8 Å². The van der Waals surface area contributed by atoms with Gasteiger partial charge < -0.3 is 9.47 Å². The fourth-order valence-corrected chi connectivity index (χ4v) is 2.45. The molecule has 0 aromatic rings. The van der Waals surface area contributed by atoms with E-state index in [0.29, 0.717) is 42.0 Å². The second kappa shape index (κ2) is 12.3. The Morgan fingerprint density at radius 2 is 1.36 bits per heavy atom. The minimum absolute atomic E-state index is 0.0849. The first kappa shape index (κ1) is 21.9.